The lowest BCUT2D eigenvalue weighted by Crippen LogP contribution is -2.64. The molecule has 3 fully saturated rings. The number of aliphatic hydroxyl groups is 1. The van der Waals surface area contributed by atoms with Crippen molar-refractivity contribution in [2.24, 2.45) is 5.41 Å². The highest BCUT2D eigenvalue weighted by Gasteiger charge is 2.56. The molecular formula is C34H42FN5O5. The van der Waals surface area contributed by atoms with Crippen molar-refractivity contribution in [1.29, 1.82) is 0 Å². The van der Waals surface area contributed by atoms with Gasteiger partial charge in [-0.05, 0) is 63.8 Å². The Labute approximate surface area is 262 Å². The number of benzene rings is 2. The molecule has 3 heterocycles. The Morgan fingerprint density at radius 2 is 1.76 bits per heavy atom. The van der Waals surface area contributed by atoms with Crippen LogP contribution in [0.1, 0.15) is 64.5 Å². The van der Waals surface area contributed by atoms with Gasteiger partial charge in [-0.15, -0.1) is 0 Å². The Hall–Kier alpha value is -3.99. The molecule has 2 atom stereocenters. The molecule has 3 amide bonds. The highest BCUT2D eigenvalue weighted by Crippen LogP contribution is 2.52. The standard InChI is InChI=1S/C34H42FN5O5/c1-32(2,3)45-31(43)37-17-18-40(28(20-37)24-9-5-4-6-10-24)30(42)38-16-15-34(44,33(21-38)13-7-8-14-33)22-39-23-36-27-12-11-25(35)19-26(27)29(39)41/h4-6,9-12,19,23,28,44H,7-8,13-18,20-22H2,1-3H3/t28-,34?/m0/s1. The average Bonchev–Trinajstić information content (AvgIpc) is 3.49. The van der Waals surface area contributed by atoms with Crippen molar-refractivity contribution in [2.45, 2.75) is 76.7 Å². The minimum Gasteiger partial charge on any atom is -0.444 e. The van der Waals surface area contributed by atoms with Crippen LogP contribution in [0.3, 0.4) is 0 Å². The number of rotatable bonds is 3. The van der Waals surface area contributed by atoms with E-state index in [1.54, 1.807) is 4.90 Å². The van der Waals surface area contributed by atoms with Crippen molar-refractivity contribution in [3.05, 3.63) is 76.6 Å². The van der Waals surface area contributed by atoms with Gasteiger partial charge in [0.1, 0.15) is 11.4 Å². The Bertz CT molecular complexity index is 1630. The maximum absolute atomic E-state index is 14.3. The summed E-state index contributed by atoms with van der Waals surface area (Å²) in [5.41, 5.74) is -1.54. The second-order valence-electron chi connectivity index (χ2n) is 13.9. The molecule has 1 spiro atoms. The van der Waals surface area contributed by atoms with Gasteiger partial charge < -0.3 is 24.5 Å². The first-order valence-electron chi connectivity index (χ1n) is 15.8. The van der Waals surface area contributed by atoms with Gasteiger partial charge in [0.2, 0.25) is 0 Å². The minimum atomic E-state index is -1.25. The predicted molar refractivity (Wildman–Crippen MR) is 167 cm³/mol. The largest absolute Gasteiger partial charge is 0.444 e. The van der Waals surface area contributed by atoms with E-state index < -0.39 is 34.1 Å². The second kappa shape index (κ2) is 11.7. The minimum absolute atomic E-state index is 0.0223. The molecule has 1 saturated carbocycles. The SMILES string of the molecule is CC(C)(C)OC(=O)N1CCN(C(=O)N2CCC(O)(Cn3cnc4ccc(F)cc4c3=O)C3(CCCC3)C2)[C@H](c2ccccc2)C1. The van der Waals surface area contributed by atoms with Gasteiger partial charge in [-0.2, -0.15) is 0 Å². The maximum atomic E-state index is 14.3. The van der Waals surface area contributed by atoms with Gasteiger partial charge >= 0.3 is 12.1 Å². The molecule has 3 aliphatic rings. The summed E-state index contributed by atoms with van der Waals surface area (Å²) in [6.45, 7) is 7.22. The van der Waals surface area contributed by atoms with Gasteiger partial charge in [0.05, 0.1) is 35.4 Å². The molecule has 0 bridgehead atoms. The molecule has 1 aliphatic carbocycles. The van der Waals surface area contributed by atoms with Gasteiger partial charge in [0, 0.05) is 38.1 Å². The zero-order chi connectivity index (χ0) is 32.0. The summed E-state index contributed by atoms with van der Waals surface area (Å²) in [5.74, 6) is -0.516. The van der Waals surface area contributed by atoms with E-state index in [0.717, 1.165) is 31.2 Å². The fraction of sp³-hybridized carbons (Fsp3) is 0.529. The molecule has 2 aliphatic heterocycles. The zero-order valence-corrected chi connectivity index (χ0v) is 26.2. The molecule has 11 heteroatoms. The third-order valence-electron chi connectivity index (χ3n) is 9.79. The van der Waals surface area contributed by atoms with E-state index in [2.05, 4.69) is 4.98 Å². The maximum Gasteiger partial charge on any atom is 0.410 e. The van der Waals surface area contributed by atoms with E-state index >= 15 is 0 Å². The highest BCUT2D eigenvalue weighted by atomic mass is 19.1. The van der Waals surface area contributed by atoms with Crippen molar-refractivity contribution in [1.82, 2.24) is 24.3 Å². The van der Waals surface area contributed by atoms with Gasteiger partial charge in [0.15, 0.2) is 0 Å². The normalized spacial score (nSPS) is 23.5. The number of nitrogens with zero attached hydrogens (tertiary/aromatic N) is 5. The summed E-state index contributed by atoms with van der Waals surface area (Å²) in [5, 5.41) is 12.5. The summed E-state index contributed by atoms with van der Waals surface area (Å²) in [7, 11) is 0. The molecular weight excluding hydrogens is 577 g/mol. The number of piperidine rings is 1. The molecule has 1 unspecified atom stereocenters. The van der Waals surface area contributed by atoms with Crippen LogP contribution in [0.4, 0.5) is 14.0 Å². The molecule has 3 aromatic rings. The number of hydrogen-bond acceptors (Lipinski definition) is 6. The van der Waals surface area contributed by atoms with Crippen molar-refractivity contribution >= 4 is 23.0 Å². The number of carbonyl (C=O) groups excluding carboxylic acids is 2. The van der Waals surface area contributed by atoms with Crippen LogP contribution >= 0.6 is 0 Å². The van der Waals surface area contributed by atoms with Crippen LogP contribution in [-0.2, 0) is 11.3 Å². The van der Waals surface area contributed by atoms with Crippen LogP contribution in [0.25, 0.3) is 10.9 Å². The number of urea groups is 1. The first kappa shape index (κ1) is 31.0. The highest BCUT2D eigenvalue weighted by molar-refractivity contribution is 5.77. The lowest BCUT2D eigenvalue weighted by atomic mass is 9.66. The second-order valence-corrected chi connectivity index (χ2v) is 13.9. The van der Waals surface area contributed by atoms with E-state index in [0.29, 0.717) is 44.7 Å². The number of carbonyl (C=O) groups is 2. The van der Waals surface area contributed by atoms with E-state index in [1.807, 2.05) is 60.9 Å². The van der Waals surface area contributed by atoms with Crippen LogP contribution in [0.2, 0.25) is 0 Å². The molecule has 45 heavy (non-hydrogen) atoms. The Morgan fingerprint density at radius 3 is 2.47 bits per heavy atom. The summed E-state index contributed by atoms with van der Waals surface area (Å²) in [4.78, 5) is 50.3. The number of piperazine rings is 1. The van der Waals surface area contributed by atoms with Crippen molar-refractivity contribution in [3.63, 3.8) is 0 Å². The molecule has 10 nitrogen and oxygen atoms in total. The number of fused-ring (bicyclic) bond motifs is 1. The third kappa shape index (κ3) is 6.02. The third-order valence-corrected chi connectivity index (χ3v) is 9.79. The van der Waals surface area contributed by atoms with Gasteiger partial charge in [-0.1, -0.05) is 43.2 Å². The van der Waals surface area contributed by atoms with Gasteiger partial charge in [0.25, 0.3) is 5.56 Å². The van der Waals surface area contributed by atoms with Crippen LogP contribution < -0.4 is 5.56 Å². The van der Waals surface area contributed by atoms with Gasteiger partial charge in [-0.3, -0.25) is 9.36 Å². The summed E-state index contributed by atoms with van der Waals surface area (Å²) >= 11 is 0. The van der Waals surface area contributed by atoms with Gasteiger partial charge in [-0.25, -0.2) is 19.0 Å². The average molecular weight is 620 g/mol. The Kier molecular flexibility index (Phi) is 8.09. The quantitative estimate of drug-likeness (QED) is 0.445. The molecule has 2 saturated heterocycles. The summed E-state index contributed by atoms with van der Waals surface area (Å²) in [6.07, 6.45) is 4.61. The molecule has 6 rings (SSSR count). The van der Waals surface area contributed by atoms with E-state index in [4.69, 9.17) is 4.74 Å². The first-order valence-corrected chi connectivity index (χ1v) is 15.8. The van der Waals surface area contributed by atoms with Crippen molar-refractivity contribution in [3.8, 4) is 0 Å². The molecule has 2 aromatic carbocycles. The van der Waals surface area contributed by atoms with Crippen molar-refractivity contribution in [2.75, 3.05) is 32.7 Å². The van der Waals surface area contributed by atoms with Crippen LogP contribution in [-0.4, -0.2) is 85.4 Å². The van der Waals surface area contributed by atoms with Crippen molar-refractivity contribution < 1.29 is 23.8 Å². The lowest BCUT2D eigenvalue weighted by Gasteiger charge is -2.53. The van der Waals surface area contributed by atoms with E-state index in [9.17, 15) is 23.9 Å². The Balaban J connectivity index is 1.24. The van der Waals surface area contributed by atoms with Crippen LogP contribution in [0.15, 0.2) is 59.7 Å². The number of ether oxygens (including phenoxy) is 1. The number of aromatic nitrogens is 2. The Morgan fingerprint density at radius 1 is 1.02 bits per heavy atom. The fourth-order valence-corrected chi connectivity index (χ4v) is 7.43. The summed E-state index contributed by atoms with van der Waals surface area (Å²) < 4.78 is 21.0. The molecule has 1 aromatic heterocycles. The van der Waals surface area contributed by atoms with Crippen LogP contribution in [0, 0.1) is 11.2 Å². The number of halogens is 1. The van der Waals surface area contributed by atoms with Crippen LogP contribution in [0.5, 0.6) is 0 Å². The molecule has 0 radical (unpaired) electrons. The molecule has 240 valence electrons. The summed E-state index contributed by atoms with van der Waals surface area (Å²) in [6, 6.07) is 13.2. The smallest absolute Gasteiger partial charge is 0.410 e. The van der Waals surface area contributed by atoms with E-state index in [-0.39, 0.29) is 24.0 Å². The number of hydrogen-bond donors (Lipinski definition) is 1. The monoisotopic (exact) mass is 619 g/mol. The zero-order valence-electron chi connectivity index (χ0n) is 26.2. The first-order chi connectivity index (χ1) is 21.4. The lowest BCUT2D eigenvalue weighted by molar-refractivity contribution is -0.137. The predicted octanol–water partition coefficient (Wildman–Crippen LogP) is 4.95. The fourth-order valence-electron chi connectivity index (χ4n) is 7.43. The topological polar surface area (TPSA) is 108 Å². The molecule has 1 N–H and O–H groups in total. The van der Waals surface area contributed by atoms with E-state index in [1.165, 1.54) is 29.1 Å². The number of amides is 3. The number of likely N-dealkylation sites (tertiary alicyclic amines) is 1.